The maximum atomic E-state index is 13.1. The molecule has 0 aromatic heterocycles. The molecule has 19 heteroatoms. The number of ether oxygens (including phenoxy) is 4. The van der Waals surface area contributed by atoms with E-state index in [1.54, 1.807) is 0 Å². The minimum Gasteiger partial charge on any atom is -0.462 e. The summed E-state index contributed by atoms with van der Waals surface area (Å²) in [6, 6.07) is 0. The highest BCUT2D eigenvalue weighted by molar-refractivity contribution is 7.47. The maximum Gasteiger partial charge on any atom is 0.472 e. The Balaban J connectivity index is 5.17. The number of phosphoric ester groups is 2. The van der Waals surface area contributed by atoms with Crippen molar-refractivity contribution < 1.29 is 80.2 Å². The summed E-state index contributed by atoms with van der Waals surface area (Å²) >= 11 is 0. The molecule has 0 aliphatic rings. The van der Waals surface area contributed by atoms with Gasteiger partial charge < -0.3 is 33.8 Å². The molecule has 3 N–H and O–H groups in total. The first-order valence-electron chi connectivity index (χ1n) is 40.2. The van der Waals surface area contributed by atoms with E-state index >= 15 is 0 Å². The molecule has 0 aromatic rings. The minimum atomic E-state index is -4.96. The molecular weight excluding hydrogens is 1270 g/mol. The van der Waals surface area contributed by atoms with Gasteiger partial charge in [0.1, 0.15) is 19.3 Å². The number of esters is 4. The number of hydrogen-bond donors (Lipinski definition) is 3. The summed E-state index contributed by atoms with van der Waals surface area (Å²) in [4.78, 5) is 72.8. The van der Waals surface area contributed by atoms with Crippen molar-refractivity contribution in [2.45, 2.75) is 414 Å². The normalized spacial score (nSPS) is 14.4. The van der Waals surface area contributed by atoms with Crippen LogP contribution in [0.1, 0.15) is 396 Å². The SMILES string of the molecule is CCC(C)CCCCCCCCCCCCCCCCCCCCC(=O)O[C@H](COC(=O)CCCCCCCCC(C)C)COP(=O)(O)OC[C@H](O)COP(=O)(O)OC[C@@H](COC(=O)CCCCCCCCCCCCC(C)C)OC(=O)CCCCCCCCCCCCC(C)C. The summed E-state index contributed by atoms with van der Waals surface area (Å²) in [5.74, 6) is 0.939. The molecule has 576 valence electrons. The first kappa shape index (κ1) is 95.1. The second-order valence-electron chi connectivity index (χ2n) is 29.8. The number of carbonyl (C=O) groups is 4. The number of carbonyl (C=O) groups excluding carboxylic acids is 4. The highest BCUT2D eigenvalue weighted by atomic mass is 31.2. The van der Waals surface area contributed by atoms with Gasteiger partial charge in [-0.1, -0.05) is 344 Å². The largest absolute Gasteiger partial charge is 0.472 e. The number of unbranched alkanes of at least 4 members (excludes halogenated alkanes) is 40. The van der Waals surface area contributed by atoms with Gasteiger partial charge in [0.05, 0.1) is 26.4 Å². The molecule has 97 heavy (non-hydrogen) atoms. The molecular formula is C78H152O17P2. The lowest BCUT2D eigenvalue weighted by molar-refractivity contribution is -0.161. The van der Waals surface area contributed by atoms with Crippen LogP contribution in [0.3, 0.4) is 0 Å². The predicted molar refractivity (Wildman–Crippen MR) is 395 cm³/mol. The molecule has 3 unspecified atom stereocenters. The van der Waals surface area contributed by atoms with Gasteiger partial charge in [-0.2, -0.15) is 0 Å². The van der Waals surface area contributed by atoms with Crippen LogP contribution in [0.25, 0.3) is 0 Å². The summed E-state index contributed by atoms with van der Waals surface area (Å²) in [6.07, 6.45) is 53.0. The lowest BCUT2D eigenvalue weighted by Gasteiger charge is -2.21. The summed E-state index contributed by atoms with van der Waals surface area (Å²) in [7, 11) is -9.91. The maximum absolute atomic E-state index is 13.1. The molecule has 0 aromatic carbocycles. The fraction of sp³-hybridized carbons (Fsp3) is 0.949. The standard InChI is InChI=1S/C78H152O17P2/c1-9-71(8)57-49-41-32-26-18-16-14-12-10-11-13-15-17-19-28-34-44-52-60-77(82)95-74(65-89-76(81)59-51-43-37-36-40-48-56-70(6)7)67-93-97(86,87)91-63-72(79)62-90-96(84,85)92-66-73(94-78(83)61-53-45-35-29-23-21-25-31-39-47-55-69(4)5)64-88-75(80)58-50-42-33-27-22-20-24-30-38-46-54-68(2)3/h68-74,79H,9-67H2,1-8H3,(H,84,85)(H,86,87)/t71?,72-,73-,74-/m1/s1. The molecule has 17 nitrogen and oxygen atoms in total. The third kappa shape index (κ3) is 70.9. The Labute approximate surface area is 594 Å². The van der Waals surface area contributed by atoms with Gasteiger partial charge in [-0.05, 0) is 49.4 Å². The van der Waals surface area contributed by atoms with E-state index < -0.39 is 97.5 Å². The van der Waals surface area contributed by atoms with E-state index in [1.165, 1.54) is 193 Å². The summed E-state index contributed by atoms with van der Waals surface area (Å²) < 4.78 is 68.5. The zero-order valence-electron chi connectivity index (χ0n) is 63.7. The lowest BCUT2D eigenvalue weighted by atomic mass is 9.99. The Morgan fingerprint density at radius 1 is 0.289 bits per heavy atom. The zero-order valence-corrected chi connectivity index (χ0v) is 65.5. The van der Waals surface area contributed by atoms with E-state index in [0.29, 0.717) is 31.6 Å². The molecule has 0 bridgehead atoms. The van der Waals surface area contributed by atoms with Crippen molar-refractivity contribution in [3.63, 3.8) is 0 Å². The minimum absolute atomic E-state index is 0.105. The highest BCUT2D eigenvalue weighted by Gasteiger charge is 2.30. The molecule has 0 heterocycles. The quantitative estimate of drug-likeness (QED) is 0.0222. The van der Waals surface area contributed by atoms with Crippen molar-refractivity contribution in [1.82, 2.24) is 0 Å². The molecule has 0 fully saturated rings. The molecule has 0 saturated heterocycles. The topological polar surface area (TPSA) is 237 Å². The van der Waals surface area contributed by atoms with E-state index in [4.69, 9.17) is 37.0 Å². The van der Waals surface area contributed by atoms with Crippen molar-refractivity contribution in [3.05, 3.63) is 0 Å². The van der Waals surface area contributed by atoms with Gasteiger partial charge in [0.15, 0.2) is 12.2 Å². The number of aliphatic hydroxyl groups excluding tert-OH is 1. The first-order chi connectivity index (χ1) is 46.6. The molecule has 6 atom stereocenters. The van der Waals surface area contributed by atoms with E-state index in [0.717, 1.165) is 114 Å². The molecule has 0 saturated carbocycles. The van der Waals surface area contributed by atoms with Crippen molar-refractivity contribution >= 4 is 39.5 Å². The first-order valence-corrected chi connectivity index (χ1v) is 43.2. The Bertz CT molecular complexity index is 1900. The van der Waals surface area contributed by atoms with Crippen molar-refractivity contribution in [2.75, 3.05) is 39.6 Å². The van der Waals surface area contributed by atoms with E-state index in [2.05, 4.69) is 55.4 Å². The molecule has 0 radical (unpaired) electrons. The third-order valence-electron chi connectivity index (χ3n) is 18.4. The van der Waals surface area contributed by atoms with Gasteiger partial charge in [0, 0.05) is 25.7 Å². The average molecular weight is 1420 g/mol. The molecule has 0 aliphatic heterocycles. The smallest absolute Gasteiger partial charge is 0.462 e. The van der Waals surface area contributed by atoms with E-state index in [1.807, 2.05) is 0 Å². The van der Waals surface area contributed by atoms with Crippen molar-refractivity contribution in [2.24, 2.45) is 23.7 Å². The van der Waals surface area contributed by atoms with Crippen LogP contribution < -0.4 is 0 Å². The van der Waals surface area contributed by atoms with Crippen LogP contribution in [-0.2, 0) is 65.4 Å². The van der Waals surface area contributed by atoms with Gasteiger partial charge in [-0.15, -0.1) is 0 Å². The number of hydrogen-bond acceptors (Lipinski definition) is 15. The fourth-order valence-electron chi connectivity index (χ4n) is 11.9. The molecule has 0 spiro atoms. The van der Waals surface area contributed by atoms with Crippen LogP contribution in [0.15, 0.2) is 0 Å². The third-order valence-corrected chi connectivity index (χ3v) is 20.3. The zero-order chi connectivity index (χ0) is 71.7. The van der Waals surface area contributed by atoms with Crippen LogP contribution in [0.5, 0.6) is 0 Å². The van der Waals surface area contributed by atoms with Gasteiger partial charge in [-0.3, -0.25) is 37.3 Å². The van der Waals surface area contributed by atoms with Crippen LogP contribution in [0, 0.1) is 23.7 Å². The Kier molecular flexibility index (Phi) is 65.9. The monoisotopic (exact) mass is 1420 g/mol. The molecule has 0 amide bonds. The van der Waals surface area contributed by atoms with Crippen LogP contribution in [-0.4, -0.2) is 96.7 Å². The number of rotatable bonds is 75. The van der Waals surface area contributed by atoms with Gasteiger partial charge in [-0.25, -0.2) is 9.13 Å². The lowest BCUT2D eigenvalue weighted by Crippen LogP contribution is -2.30. The number of aliphatic hydroxyl groups is 1. The van der Waals surface area contributed by atoms with E-state index in [-0.39, 0.29) is 25.7 Å². The highest BCUT2D eigenvalue weighted by Crippen LogP contribution is 2.45. The van der Waals surface area contributed by atoms with Crippen LogP contribution in [0.4, 0.5) is 0 Å². The second-order valence-corrected chi connectivity index (χ2v) is 32.7. The van der Waals surface area contributed by atoms with Gasteiger partial charge >= 0.3 is 39.5 Å². The number of phosphoric acid groups is 2. The van der Waals surface area contributed by atoms with E-state index in [9.17, 15) is 43.2 Å². The fourth-order valence-corrected chi connectivity index (χ4v) is 13.5. The predicted octanol–water partition coefficient (Wildman–Crippen LogP) is 22.8. The van der Waals surface area contributed by atoms with Crippen molar-refractivity contribution in [3.8, 4) is 0 Å². The van der Waals surface area contributed by atoms with Crippen LogP contribution >= 0.6 is 15.6 Å². The second kappa shape index (κ2) is 67.2. The molecule has 0 rings (SSSR count). The Morgan fingerprint density at radius 3 is 0.732 bits per heavy atom. The van der Waals surface area contributed by atoms with Crippen molar-refractivity contribution in [1.29, 1.82) is 0 Å². The Hall–Kier alpha value is -1.94. The van der Waals surface area contributed by atoms with Gasteiger partial charge in [0.2, 0.25) is 0 Å². The van der Waals surface area contributed by atoms with Crippen LogP contribution in [0.2, 0.25) is 0 Å². The Morgan fingerprint density at radius 2 is 0.495 bits per heavy atom. The summed E-state index contributed by atoms with van der Waals surface area (Å²) in [6.45, 7) is 14.2. The average Bonchev–Trinajstić information content (AvgIpc) is 1.43. The summed E-state index contributed by atoms with van der Waals surface area (Å²) in [5, 5.41) is 10.6. The van der Waals surface area contributed by atoms with Gasteiger partial charge in [0.25, 0.3) is 0 Å². The molecule has 0 aliphatic carbocycles. The summed E-state index contributed by atoms with van der Waals surface area (Å²) in [5.41, 5.74) is 0.